The van der Waals surface area contributed by atoms with E-state index in [2.05, 4.69) is 5.32 Å². The molecule has 0 bridgehead atoms. The molecule has 0 aliphatic carbocycles. The Morgan fingerprint density at radius 2 is 2.08 bits per heavy atom. The van der Waals surface area contributed by atoms with Crippen LogP contribution in [0.3, 0.4) is 0 Å². The summed E-state index contributed by atoms with van der Waals surface area (Å²) in [5, 5.41) is 2.98. The highest BCUT2D eigenvalue weighted by atomic mass is 32.1. The molecule has 0 fully saturated rings. The molecule has 0 aliphatic rings. The van der Waals surface area contributed by atoms with Crippen molar-refractivity contribution in [3.05, 3.63) is 30.3 Å². The highest BCUT2D eigenvalue weighted by Gasteiger charge is 1.95. The van der Waals surface area contributed by atoms with Crippen molar-refractivity contribution in [1.82, 2.24) is 5.32 Å². The Hall–Kier alpha value is -1.13. The van der Waals surface area contributed by atoms with Gasteiger partial charge in [-0.3, -0.25) is 0 Å². The molecule has 12 heavy (non-hydrogen) atoms. The van der Waals surface area contributed by atoms with Gasteiger partial charge in [0.15, 0.2) is 0 Å². The lowest BCUT2D eigenvalue weighted by Gasteiger charge is -2.06. The van der Waals surface area contributed by atoms with E-state index >= 15 is 0 Å². The number of rotatable bonds is 2. The van der Waals surface area contributed by atoms with Gasteiger partial charge in [0.05, 0.1) is 6.67 Å². The summed E-state index contributed by atoms with van der Waals surface area (Å²) in [6.45, 7) is 0.283. The molecule has 0 amide bonds. The highest BCUT2D eigenvalue weighted by Crippen LogP contribution is 2.07. The summed E-state index contributed by atoms with van der Waals surface area (Å²) in [6, 6.07) is 9.31. The zero-order chi connectivity index (χ0) is 8.81. The molecule has 0 aliphatic heterocycles. The number of para-hydroxylation sites is 1. The molecule has 4 heteroatoms. The number of hydrogen-bond acceptors (Lipinski definition) is 3. The third-order valence-electron chi connectivity index (χ3n) is 1.20. The monoisotopic (exact) mass is 182 g/mol. The van der Waals surface area contributed by atoms with E-state index in [1.54, 1.807) is 0 Å². The van der Waals surface area contributed by atoms with Crippen molar-refractivity contribution in [3.8, 4) is 5.75 Å². The van der Waals surface area contributed by atoms with Crippen LogP contribution in [0.1, 0.15) is 0 Å². The molecule has 0 atom stereocenters. The van der Waals surface area contributed by atoms with Gasteiger partial charge >= 0.3 is 0 Å². The normalized spacial score (nSPS) is 9.08. The van der Waals surface area contributed by atoms with E-state index in [1.807, 2.05) is 30.3 Å². The average molecular weight is 182 g/mol. The molecule has 3 N–H and O–H groups in total. The van der Waals surface area contributed by atoms with Crippen LogP contribution in [-0.2, 0) is 0 Å². The quantitative estimate of drug-likeness (QED) is 0.526. The molecule has 0 saturated heterocycles. The van der Waals surface area contributed by atoms with Crippen LogP contribution in [0.2, 0.25) is 0 Å². The molecule has 0 heterocycles. The van der Waals surface area contributed by atoms with E-state index in [4.69, 9.17) is 22.7 Å². The third-order valence-corrected chi connectivity index (χ3v) is 1.43. The van der Waals surface area contributed by atoms with Crippen LogP contribution in [0.5, 0.6) is 5.75 Å². The van der Waals surface area contributed by atoms with Gasteiger partial charge < -0.3 is 15.8 Å². The smallest absolute Gasteiger partial charge is 0.263 e. The minimum Gasteiger partial charge on any atom is -0.432 e. The van der Waals surface area contributed by atoms with Gasteiger partial charge in [-0.05, 0) is 24.4 Å². The second-order valence-corrected chi connectivity index (χ2v) is 2.45. The lowest BCUT2D eigenvalue weighted by molar-refractivity contribution is 0.534. The maximum atomic E-state index is 5.20. The van der Waals surface area contributed by atoms with Gasteiger partial charge in [-0.2, -0.15) is 0 Å². The molecular formula is C8H10N2OS. The maximum absolute atomic E-state index is 5.20. The van der Waals surface area contributed by atoms with E-state index in [9.17, 15) is 0 Å². The first-order chi connectivity index (χ1) is 5.83. The summed E-state index contributed by atoms with van der Waals surface area (Å²) in [6.07, 6.45) is 0. The molecule has 64 valence electrons. The van der Waals surface area contributed by atoms with E-state index in [0.717, 1.165) is 0 Å². The number of thiocarbonyl (C=S) groups is 1. The van der Waals surface area contributed by atoms with Crippen molar-refractivity contribution in [2.45, 2.75) is 0 Å². The van der Waals surface area contributed by atoms with Crippen LogP contribution in [-0.4, -0.2) is 11.8 Å². The largest absolute Gasteiger partial charge is 0.432 e. The second-order valence-electron chi connectivity index (χ2n) is 2.08. The zero-order valence-electron chi connectivity index (χ0n) is 6.49. The summed E-state index contributed by atoms with van der Waals surface area (Å²) < 4.78 is 5.20. The predicted molar refractivity (Wildman–Crippen MR) is 51.9 cm³/mol. The fourth-order valence-electron chi connectivity index (χ4n) is 0.715. The molecule has 0 radical (unpaired) electrons. The number of benzene rings is 1. The summed E-state index contributed by atoms with van der Waals surface area (Å²) in [5.74, 6) is 0.712. The predicted octanol–water partition coefficient (Wildman–Crippen LogP) is 0.856. The highest BCUT2D eigenvalue weighted by molar-refractivity contribution is 7.80. The van der Waals surface area contributed by atoms with Gasteiger partial charge in [0.25, 0.3) is 5.17 Å². The molecule has 1 rings (SSSR count). The first-order valence-corrected chi connectivity index (χ1v) is 3.94. The van der Waals surface area contributed by atoms with Crippen LogP contribution in [0.4, 0.5) is 0 Å². The molecule has 3 nitrogen and oxygen atoms in total. The van der Waals surface area contributed by atoms with Crippen LogP contribution in [0.15, 0.2) is 30.3 Å². The van der Waals surface area contributed by atoms with Gasteiger partial charge in [0, 0.05) is 0 Å². The molecule has 0 saturated carbocycles. The third kappa shape index (κ3) is 2.86. The van der Waals surface area contributed by atoms with E-state index in [0.29, 0.717) is 10.9 Å². The van der Waals surface area contributed by atoms with Crippen molar-refractivity contribution in [1.29, 1.82) is 0 Å². The number of nitrogens with one attached hydrogen (secondary N) is 1. The van der Waals surface area contributed by atoms with Gasteiger partial charge in [0.2, 0.25) is 0 Å². The Kier molecular flexibility index (Phi) is 3.50. The molecule has 1 aromatic carbocycles. The standard InChI is InChI=1S/C8H10N2OS/c9-6-10-8(12)11-7-4-2-1-3-5-7/h1-5H,6,9H2,(H,10,12). The second kappa shape index (κ2) is 4.69. The van der Waals surface area contributed by atoms with Crippen LogP contribution in [0.25, 0.3) is 0 Å². The maximum Gasteiger partial charge on any atom is 0.263 e. The molecule has 0 aromatic heterocycles. The molecular weight excluding hydrogens is 172 g/mol. The summed E-state index contributed by atoms with van der Waals surface area (Å²) in [7, 11) is 0. The van der Waals surface area contributed by atoms with Crippen LogP contribution < -0.4 is 15.8 Å². The van der Waals surface area contributed by atoms with E-state index in [-0.39, 0.29) is 6.67 Å². The minimum atomic E-state index is 0.283. The van der Waals surface area contributed by atoms with Gasteiger partial charge in [-0.1, -0.05) is 18.2 Å². The van der Waals surface area contributed by atoms with E-state index in [1.165, 1.54) is 0 Å². The Morgan fingerprint density at radius 1 is 1.42 bits per heavy atom. The molecule has 1 aromatic rings. The average Bonchev–Trinajstić information content (AvgIpc) is 2.06. The van der Waals surface area contributed by atoms with Crippen molar-refractivity contribution >= 4 is 17.4 Å². The first-order valence-electron chi connectivity index (χ1n) is 3.53. The van der Waals surface area contributed by atoms with Gasteiger partial charge in [-0.25, -0.2) is 0 Å². The first kappa shape index (κ1) is 8.96. The number of nitrogens with two attached hydrogens (primary N) is 1. The lowest BCUT2D eigenvalue weighted by Crippen LogP contribution is -2.31. The SMILES string of the molecule is NCNC(=S)Oc1ccccc1. The molecule has 0 spiro atoms. The van der Waals surface area contributed by atoms with Crippen molar-refractivity contribution < 1.29 is 4.74 Å². The Balaban J connectivity index is 2.47. The summed E-state index contributed by atoms with van der Waals surface area (Å²) >= 11 is 4.82. The van der Waals surface area contributed by atoms with Crippen LogP contribution >= 0.6 is 12.2 Å². The van der Waals surface area contributed by atoms with Crippen LogP contribution in [0, 0.1) is 0 Å². The van der Waals surface area contributed by atoms with Gasteiger partial charge in [-0.15, -0.1) is 0 Å². The Bertz CT molecular complexity index is 250. The zero-order valence-corrected chi connectivity index (χ0v) is 7.30. The summed E-state index contributed by atoms with van der Waals surface area (Å²) in [5.41, 5.74) is 5.20. The van der Waals surface area contributed by atoms with Gasteiger partial charge in [0.1, 0.15) is 5.75 Å². The summed E-state index contributed by atoms with van der Waals surface area (Å²) in [4.78, 5) is 0. The minimum absolute atomic E-state index is 0.283. The van der Waals surface area contributed by atoms with Crippen molar-refractivity contribution in [3.63, 3.8) is 0 Å². The number of ether oxygens (including phenoxy) is 1. The fraction of sp³-hybridized carbons (Fsp3) is 0.125. The molecule has 0 unspecified atom stereocenters. The fourth-order valence-corrected chi connectivity index (χ4v) is 0.895. The lowest BCUT2D eigenvalue weighted by atomic mass is 10.3. The Labute approximate surface area is 76.5 Å². The topological polar surface area (TPSA) is 47.3 Å². The Morgan fingerprint density at radius 3 is 2.67 bits per heavy atom. The van der Waals surface area contributed by atoms with E-state index < -0.39 is 0 Å². The number of hydrogen-bond donors (Lipinski definition) is 2. The van der Waals surface area contributed by atoms with Crippen molar-refractivity contribution in [2.75, 3.05) is 6.67 Å². The van der Waals surface area contributed by atoms with Crippen molar-refractivity contribution in [2.24, 2.45) is 5.73 Å².